The predicted octanol–water partition coefficient (Wildman–Crippen LogP) is 1.89. The highest BCUT2D eigenvalue weighted by Crippen LogP contribution is 2.33. The molecule has 2 fully saturated rings. The van der Waals surface area contributed by atoms with Crippen LogP contribution in [0.15, 0.2) is 18.2 Å². The van der Waals surface area contributed by atoms with Gasteiger partial charge in [0, 0.05) is 57.2 Å². The molecule has 4 rings (SSSR count). The van der Waals surface area contributed by atoms with Crippen molar-refractivity contribution in [1.82, 2.24) is 15.3 Å². The van der Waals surface area contributed by atoms with Crippen LogP contribution in [0.2, 0.25) is 0 Å². The zero-order chi connectivity index (χ0) is 23.2. The van der Waals surface area contributed by atoms with Crippen molar-refractivity contribution >= 4 is 28.9 Å². The Kier molecular flexibility index (Phi) is 7.46. The highest BCUT2D eigenvalue weighted by molar-refractivity contribution is 5.96. The monoisotopic (exact) mass is 455 g/mol. The summed E-state index contributed by atoms with van der Waals surface area (Å²) in [6, 6.07) is 6.13. The number of benzene rings is 1. The number of methoxy groups -OCH3 is 1. The van der Waals surface area contributed by atoms with Gasteiger partial charge in [-0.05, 0) is 31.4 Å². The van der Waals surface area contributed by atoms with Crippen LogP contribution in [-0.4, -0.2) is 68.4 Å². The van der Waals surface area contributed by atoms with E-state index in [0.717, 1.165) is 69.4 Å². The summed E-state index contributed by atoms with van der Waals surface area (Å²) in [6.45, 7) is 7.13. The Labute approximate surface area is 194 Å². The van der Waals surface area contributed by atoms with E-state index in [4.69, 9.17) is 20.2 Å². The summed E-state index contributed by atoms with van der Waals surface area (Å²) >= 11 is 0. The summed E-state index contributed by atoms with van der Waals surface area (Å²) in [5.41, 5.74) is 8.26. The van der Waals surface area contributed by atoms with E-state index in [1.54, 1.807) is 7.11 Å². The van der Waals surface area contributed by atoms with Gasteiger partial charge >= 0.3 is 0 Å². The summed E-state index contributed by atoms with van der Waals surface area (Å²) in [4.78, 5) is 23.7. The Morgan fingerprint density at radius 3 is 2.67 bits per heavy atom. The fraction of sp³-hybridized carbons (Fsp3) is 0.522. The number of anilines is 4. The van der Waals surface area contributed by atoms with E-state index in [1.807, 2.05) is 25.1 Å². The Morgan fingerprint density at radius 2 is 2.00 bits per heavy atom. The van der Waals surface area contributed by atoms with Gasteiger partial charge in [0.1, 0.15) is 5.75 Å². The number of carbonyl (C=O) groups is 1. The normalized spacial score (nSPS) is 17.0. The minimum absolute atomic E-state index is 0.120. The Morgan fingerprint density at radius 1 is 1.24 bits per heavy atom. The Hall–Kier alpha value is -3.11. The van der Waals surface area contributed by atoms with Crippen LogP contribution in [0.4, 0.5) is 23.0 Å². The fourth-order valence-corrected chi connectivity index (χ4v) is 4.19. The van der Waals surface area contributed by atoms with Crippen molar-refractivity contribution in [2.24, 2.45) is 5.73 Å². The molecule has 1 aromatic carbocycles. The molecule has 178 valence electrons. The molecule has 3 heterocycles. The lowest BCUT2D eigenvalue weighted by Gasteiger charge is -2.30. The van der Waals surface area contributed by atoms with Crippen LogP contribution in [0.1, 0.15) is 35.9 Å². The molecular weight excluding hydrogens is 422 g/mol. The van der Waals surface area contributed by atoms with Crippen molar-refractivity contribution in [3.8, 4) is 5.75 Å². The third-order valence-electron chi connectivity index (χ3n) is 6.00. The molecule has 2 aliphatic rings. The third-order valence-corrected chi connectivity index (χ3v) is 6.00. The lowest BCUT2D eigenvalue weighted by molar-refractivity contribution is 0.0903. The van der Waals surface area contributed by atoms with Crippen LogP contribution in [-0.2, 0) is 11.2 Å². The van der Waals surface area contributed by atoms with Crippen molar-refractivity contribution in [2.45, 2.75) is 32.2 Å². The Balaban J connectivity index is 1.62. The van der Waals surface area contributed by atoms with Gasteiger partial charge in [0.15, 0.2) is 17.3 Å². The molecule has 1 amide bonds. The van der Waals surface area contributed by atoms with Crippen LogP contribution in [0, 0.1) is 0 Å². The fourth-order valence-electron chi connectivity index (χ4n) is 4.19. The van der Waals surface area contributed by atoms with E-state index in [1.165, 1.54) is 0 Å². The van der Waals surface area contributed by atoms with E-state index < -0.39 is 5.91 Å². The van der Waals surface area contributed by atoms with Crippen LogP contribution < -0.4 is 31.3 Å². The number of amides is 1. The average molecular weight is 456 g/mol. The van der Waals surface area contributed by atoms with Crippen molar-refractivity contribution in [3.05, 3.63) is 29.6 Å². The number of nitrogens with one attached hydrogen (secondary N) is 3. The predicted molar refractivity (Wildman–Crippen MR) is 129 cm³/mol. The summed E-state index contributed by atoms with van der Waals surface area (Å²) in [5, 5.41) is 10.1. The van der Waals surface area contributed by atoms with Crippen LogP contribution in [0.5, 0.6) is 5.75 Å². The molecule has 5 N–H and O–H groups in total. The zero-order valence-corrected chi connectivity index (χ0v) is 19.3. The number of rotatable bonds is 8. The first-order valence-corrected chi connectivity index (χ1v) is 11.5. The van der Waals surface area contributed by atoms with Crippen molar-refractivity contribution in [3.63, 3.8) is 0 Å². The number of hydrogen-bond acceptors (Lipinski definition) is 9. The van der Waals surface area contributed by atoms with Gasteiger partial charge < -0.3 is 36.1 Å². The minimum Gasteiger partial charge on any atom is -0.495 e. The molecule has 0 unspecified atom stereocenters. The summed E-state index contributed by atoms with van der Waals surface area (Å²) in [6.07, 6.45) is 2.43. The molecule has 0 saturated carbocycles. The summed E-state index contributed by atoms with van der Waals surface area (Å²) in [7, 11) is 1.66. The smallest absolute Gasteiger partial charge is 0.271 e. The SMILES string of the molecule is CCc1nc(C(N)=O)c(Nc2ccc(N3CCNCC3)c(OC)c2)nc1NC1CCOCC1. The first-order chi connectivity index (χ1) is 16.1. The van der Waals surface area contributed by atoms with Crippen molar-refractivity contribution in [2.75, 3.05) is 62.0 Å². The van der Waals surface area contributed by atoms with Crippen LogP contribution >= 0.6 is 0 Å². The number of nitrogens with zero attached hydrogens (tertiary/aromatic N) is 3. The third kappa shape index (κ3) is 5.45. The second-order valence-electron chi connectivity index (χ2n) is 8.21. The number of primary amides is 1. The molecule has 2 aromatic rings. The van der Waals surface area contributed by atoms with Gasteiger partial charge in [-0.3, -0.25) is 4.79 Å². The van der Waals surface area contributed by atoms with E-state index in [9.17, 15) is 4.79 Å². The van der Waals surface area contributed by atoms with Gasteiger partial charge in [-0.1, -0.05) is 6.92 Å². The lowest BCUT2D eigenvalue weighted by atomic mass is 10.1. The molecule has 2 saturated heterocycles. The van der Waals surface area contributed by atoms with Gasteiger partial charge in [-0.15, -0.1) is 0 Å². The largest absolute Gasteiger partial charge is 0.495 e. The molecule has 0 aliphatic carbocycles. The molecule has 0 atom stereocenters. The molecule has 0 bridgehead atoms. The summed E-state index contributed by atoms with van der Waals surface area (Å²) in [5.74, 6) is 1.12. The number of ether oxygens (including phenoxy) is 2. The molecule has 33 heavy (non-hydrogen) atoms. The van der Waals surface area contributed by atoms with Crippen LogP contribution in [0.3, 0.4) is 0 Å². The van der Waals surface area contributed by atoms with Crippen molar-refractivity contribution in [1.29, 1.82) is 0 Å². The van der Waals surface area contributed by atoms with Gasteiger partial charge in [-0.2, -0.15) is 0 Å². The Bertz CT molecular complexity index is 973. The van der Waals surface area contributed by atoms with Gasteiger partial charge in [0.2, 0.25) is 0 Å². The average Bonchev–Trinajstić information content (AvgIpc) is 2.85. The first-order valence-electron chi connectivity index (χ1n) is 11.5. The highest BCUT2D eigenvalue weighted by Gasteiger charge is 2.21. The van der Waals surface area contributed by atoms with Gasteiger partial charge in [0.05, 0.1) is 18.5 Å². The van der Waals surface area contributed by atoms with Crippen LogP contribution in [0.25, 0.3) is 0 Å². The van der Waals surface area contributed by atoms with E-state index in [0.29, 0.717) is 23.8 Å². The summed E-state index contributed by atoms with van der Waals surface area (Å²) < 4.78 is 11.1. The number of aromatic nitrogens is 2. The molecule has 10 heteroatoms. The van der Waals surface area contributed by atoms with E-state index >= 15 is 0 Å². The maximum Gasteiger partial charge on any atom is 0.271 e. The maximum absolute atomic E-state index is 12.2. The van der Waals surface area contributed by atoms with Gasteiger partial charge in [-0.25, -0.2) is 9.97 Å². The molecule has 2 aliphatic heterocycles. The number of nitrogens with two attached hydrogens (primary N) is 1. The second kappa shape index (κ2) is 10.7. The highest BCUT2D eigenvalue weighted by atomic mass is 16.5. The molecule has 1 aromatic heterocycles. The molecule has 10 nitrogen and oxygen atoms in total. The number of aryl methyl sites for hydroxylation is 1. The second-order valence-corrected chi connectivity index (χ2v) is 8.21. The lowest BCUT2D eigenvalue weighted by Crippen LogP contribution is -2.43. The maximum atomic E-state index is 12.2. The number of carbonyl (C=O) groups excluding carboxylic acids is 1. The minimum atomic E-state index is -0.623. The number of hydrogen-bond donors (Lipinski definition) is 4. The van der Waals surface area contributed by atoms with Gasteiger partial charge in [0.25, 0.3) is 5.91 Å². The molecule has 0 radical (unpaired) electrons. The molecular formula is C23H33N7O3. The number of piperazine rings is 1. The zero-order valence-electron chi connectivity index (χ0n) is 19.3. The van der Waals surface area contributed by atoms with E-state index in [2.05, 4.69) is 25.8 Å². The standard InChI is InChI=1S/C23H33N7O3/c1-3-17-22(26-15-6-12-33-13-7-15)29-23(20(28-17)21(24)31)27-16-4-5-18(19(14-16)32-2)30-10-8-25-9-11-30/h4-5,14-15,25H,3,6-13H2,1-2H3,(H2,24,31)(H2,26,27,29). The van der Waals surface area contributed by atoms with E-state index in [-0.39, 0.29) is 11.7 Å². The first kappa shape index (κ1) is 23.1. The quantitative estimate of drug-likeness (QED) is 0.472. The molecule has 0 spiro atoms. The van der Waals surface area contributed by atoms with Crippen molar-refractivity contribution < 1.29 is 14.3 Å². The topological polar surface area (TPSA) is 127 Å².